The molecule has 0 aliphatic heterocycles. The fourth-order valence-electron chi connectivity index (χ4n) is 3.84. The molecule has 11 heteroatoms. The Morgan fingerprint density at radius 2 is 1.85 bits per heavy atom. The Hall–Kier alpha value is -3.76. The van der Waals surface area contributed by atoms with E-state index in [1.54, 1.807) is 6.07 Å². The number of nitrogens with one attached hydrogen (secondary N) is 2. The molecule has 0 aliphatic rings. The number of nitrogens with zero attached hydrogens (tertiary/aromatic N) is 4. The first-order chi connectivity index (χ1) is 16.3. The number of aryl methyl sites for hydroxylation is 3. The number of nitro groups is 1. The van der Waals surface area contributed by atoms with Gasteiger partial charge in [0.25, 0.3) is 11.2 Å². The average Bonchev–Trinajstić information content (AvgIpc) is 3.16. The van der Waals surface area contributed by atoms with Crippen molar-refractivity contribution in [3.63, 3.8) is 0 Å². The van der Waals surface area contributed by atoms with E-state index >= 15 is 0 Å². The zero-order valence-electron chi connectivity index (χ0n) is 19.5. The van der Waals surface area contributed by atoms with Crippen molar-refractivity contribution in [2.45, 2.75) is 71.9 Å². The molecule has 0 fully saturated rings. The number of unbranched alkanes of at least 4 members (excludes halogenated alkanes) is 3. The average molecular weight is 471 g/mol. The van der Waals surface area contributed by atoms with Crippen molar-refractivity contribution in [2.24, 2.45) is 0 Å². The third-order valence-corrected chi connectivity index (χ3v) is 5.60. The van der Waals surface area contributed by atoms with Crippen LogP contribution in [-0.2, 0) is 24.3 Å². The summed E-state index contributed by atoms with van der Waals surface area (Å²) in [5.41, 5.74) is -0.0582. The Kier molecular flexibility index (Phi) is 8.34. The number of imidazole rings is 1. The van der Waals surface area contributed by atoms with Crippen LogP contribution in [0, 0.1) is 10.1 Å². The molecule has 0 saturated heterocycles. The second-order valence-electron chi connectivity index (χ2n) is 8.18. The second-order valence-corrected chi connectivity index (χ2v) is 8.18. The molecule has 0 radical (unpaired) electrons. The zero-order valence-corrected chi connectivity index (χ0v) is 19.5. The molecule has 0 spiro atoms. The van der Waals surface area contributed by atoms with Gasteiger partial charge in [0.2, 0.25) is 5.91 Å². The molecule has 0 unspecified atom stereocenters. The van der Waals surface area contributed by atoms with E-state index in [0.29, 0.717) is 35.8 Å². The van der Waals surface area contributed by atoms with Gasteiger partial charge in [-0.05, 0) is 18.9 Å². The topological polar surface area (TPSA) is 145 Å². The molecule has 182 valence electrons. The van der Waals surface area contributed by atoms with Crippen molar-refractivity contribution in [2.75, 3.05) is 5.32 Å². The Labute approximate surface area is 196 Å². The van der Waals surface area contributed by atoms with Gasteiger partial charge in [0.1, 0.15) is 5.82 Å². The molecule has 0 bridgehead atoms. The van der Waals surface area contributed by atoms with E-state index in [-0.39, 0.29) is 24.4 Å². The van der Waals surface area contributed by atoms with Crippen molar-refractivity contribution in [3.05, 3.63) is 61.0 Å². The van der Waals surface area contributed by atoms with E-state index in [9.17, 15) is 24.5 Å². The van der Waals surface area contributed by atoms with Gasteiger partial charge in [-0.3, -0.25) is 29.3 Å². The molecular weight excluding hydrogens is 440 g/mol. The lowest BCUT2D eigenvalue weighted by Crippen LogP contribution is -2.31. The summed E-state index contributed by atoms with van der Waals surface area (Å²) in [6.45, 7) is 5.10. The SMILES string of the molecule is CCCCCn1c(CCC(=O)Nc2cccc([N+](=O)[O-])c2)nc2c1c(=O)[nH]c(=O)n2CCCC. The van der Waals surface area contributed by atoms with Gasteiger partial charge in [0.15, 0.2) is 11.2 Å². The Balaban J connectivity index is 1.88. The van der Waals surface area contributed by atoms with Crippen molar-refractivity contribution < 1.29 is 9.72 Å². The minimum absolute atomic E-state index is 0.0664. The van der Waals surface area contributed by atoms with Crippen molar-refractivity contribution in [3.8, 4) is 0 Å². The van der Waals surface area contributed by atoms with Crippen molar-refractivity contribution in [1.29, 1.82) is 0 Å². The fraction of sp³-hybridized carbons (Fsp3) is 0.478. The number of benzene rings is 1. The summed E-state index contributed by atoms with van der Waals surface area (Å²) in [6, 6.07) is 5.73. The van der Waals surface area contributed by atoms with Gasteiger partial charge in [-0.25, -0.2) is 9.78 Å². The summed E-state index contributed by atoms with van der Waals surface area (Å²) in [4.78, 5) is 55.1. The number of aromatic nitrogens is 4. The van der Waals surface area contributed by atoms with Crippen LogP contribution in [0.4, 0.5) is 11.4 Å². The van der Waals surface area contributed by atoms with Crippen LogP contribution in [0.25, 0.3) is 11.2 Å². The molecule has 11 nitrogen and oxygen atoms in total. The van der Waals surface area contributed by atoms with E-state index in [0.717, 1.165) is 32.1 Å². The van der Waals surface area contributed by atoms with Gasteiger partial charge in [-0.1, -0.05) is 39.2 Å². The van der Waals surface area contributed by atoms with E-state index < -0.39 is 16.2 Å². The zero-order chi connectivity index (χ0) is 24.7. The van der Waals surface area contributed by atoms with Crippen LogP contribution in [0.1, 0.15) is 58.2 Å². The van der Waals surface area contributed by atoms with Crippen LogP contribution in [-0.4, -0.2) is 29.9 Å². The Morgan fingerprint density at radius 1 is 1.12 bits per heavy atom. The summed E-state index contributed by atoms with van der Waals surface area (Å²) in [7, 11) is 0. The molecule has 1 aromatic carbocycles. The van der Waals surface area contributed by atoms with E-state index in [1.807, 2.05) is 11.5 Å². The first-order valence-corrected chi connectivity index (χ1v) is 11.6. The number of carbonyl (C=O) groups excluding carboxylic acids is 1. The molecule has 0 saturated carbocycles. The van der Waals surface area contributed by atoms with Crippen molar-refractivity contribution >= 4 is 28.4 Å². The number of amides is 1. The highest BCUT2D eigenvalue weighted by atomic mass is 16.6. The number of nitro benzene ring substituents is 1. The standard InChI is InChI=1S/C23H30N6O5/c1-3-5-7-14-27-18(11-12-19(30)24-16-9-8-10-17(15-16)29(33)34)25-21-20(27)22(31)26-23(32)28(21)13-6-4-2/h8-10,15H,3-7,11-14H2,1-2H3,(H,24,30)(H,26,31,32). The van der Waals surface area contributed by atoms with Crippen LogP contribution >= 0.6 is 0 Å². The summed E-state index contributed by atoms with van der Waals surface area (Å²) < 4.78 is 3.30. The molecule has 2 aromatic heterocycles. The maximum atomic E-state index is 12.7. The van der Waals surface area contributed by atoms with Crippen LogP contribution in [0.3, 0.4) is 0 Å². The molecule has 0 aliphatic carbocycles. The van der Waals surface area contributed by atoms with Gasteiger partial charge in [-0.15, -0.1) is 0 Å². The maximum Gasteiger partial charge on any atom is 0.330 e. The number of aromatic amines is 1. The maximum absolute atomic E-state index is 12.7. The van der Waals surface area contributed by atoms with Crippen LogP contribution < -0.4 is 16.6 Å². The van der Waals surface area contributed by atoms with E-state index in [2.05, 4.69) is 22.2 Å². The summed E-state index contributed by atoms with van der Waals surface area (Å²) in [5, 5.41) is 13.6. The lowest BCUT2D eigenvalue weighted by atomic mass is 10.2. The Morgan fingerprint density at radius 3 is 2.56 bits per heavy atom. The highest BCUT2D eigenvalue weighted by molar-refractivity contribution is 5.91. The number of carbonyl (C=O) groups is 1. The highest BCUT2D eigenvalue weighted by Gasteiger charge is 2.19. The Bertz CT molecular complexity index is 1290. The molecule has 3 rings (SSSR count). The van der Waals surface area contributed by atoms with Gasteiger partial charge in [0, 0.05) is 43.8 Å². The normalized spacial score (nSPS) is 11.1. The molecule has 0 atom stereocenters. The second kappa shape index (κ2) is 11.4. The van der Waals surface area contributed by atoms with Crippen molar-refractivity contribution in [1.82, 2.24) is 19.1 Å². The number of rotatable bonds is 12. The number of hydrogen-bond acceptors (Lipinski definition) is 6. The predicted octanol–water partition coefficient (Wildman–Crippen LogP) is 3.36. The van der Waals surface area contributed by atoms with Crippen LogP contribution in [0.2, 0.25) is 0 Å². The molecule has 2 N–H and O–H groups in total. The third-order valence-electron chi connectivity index (χ3n) is 5.60. The first-order valence-electron chi connectivity index (χ1n) is 11.6. The highest BCUT2D eigenvalue weighted by Crippen LogP contribution is 2.18. The summed E-state index contributed by atoms with van der Waals surface area (Å²) >= 11 is 0. The fourth-order valence-corrected chi connectivity index (χ4v) is 3.84. The lowest BCUT2D eigenvalue weighted by Gasteiger charge is -2.09. The number of non-ortho nitro benzene ring substituents is 1. The summed E-state index contributed by atoms with van der Waals surface area (Å²) in [6.07, 6.45) is 4.78. The van der Waals surface area contributed by atoms with Gasteiger partial charge >= 0.3 is 5.69 Å². The smallest absolute Gasteiger partial charge is 0.326 e. The number of H-pyrrole nitrogens is 1. The molecule has 2 heterocycles. The summed E-state index contributed by atoms with van der Waals surface area (Å²) in [5.74, 6) is 0.228. The monoisotopic (exact) mass is 470 g/mol. The molecule has 34 heavy (non-hydrogen) atoms. The number of hydrogen-bond donors (Lipinski definition) is 2. The van der Waals surface area contributed by atoms with Crippen LogP contribution in [0.15, 0.2) is 33.9 Å². The molecule has 3 aromatic rings. The van der Waals surface area contributed by atoms with Gasteiger partial charge < -0.3 is 9.88 Å². The lowest BCUT2D eigenvalue weighted by molar-refractivity contribution is -0.384. The van der Waals surface area contributed by atoms with Gasteiger partial charge in [-0.2, -0.15) is 0 Å². The predicted molar refractivity (Wildman–Crippen MR) is 129 cm³/mol. The number of fused-ring (bicyclic) bond motifs is 1. The third kappa shape index (κ3) is 5.77. The molecule has 1 amide bonds. The minimum Gasteiger partial charge on any atom is -0.326 e. The van der Waals surface area contributed by atoms with Gasteiger partial charge in [0.05, 0.1) is 4.92 Å². The number of anilines is 1. The minimum atomic E-state index is -0.524. The van der Waals surface area contributed by atoms with Crippen LogP contribution in [0.5, 0.6) is 0 Å². The van der Waals surface area contributed by atoms with E-state index in [1.165, 1.54) is 22.8 Å². The first kappa shape index (κ1) is 24.9. The molecular formula is C23H30N6O5. The largest absolute Gasteiger partial charge is 0.330 e. The quantitative estimate of drug-likeness (QED) is 0.236. The van der Waals surface area contributed by atoms with E-state index in [4.69, 9.17) is 0 Å².